The molecule has 0 aliphatic carbocycles. The van der Waals surface area contributed by atoms with Crippen molar-refractivity contribution in [2.45, 2.75) is 32.4 Å². The number of pyridine rings is 1. The van der Waals surface area contributed by atoms with Gasteiger partial charge >= 0.3 is 0 Å². The molecule has 0 bridgehead atoms. The molecule has 1 N–H and O–H groups in total. The van der Waals surface area contributed by atoms with Gasteiger partial charge in [-0.05, 0) is 38.6 Å². The molecule has 8 nitrogen and oxygen atoms in total. The second-order valence-corrected chi connectivity index (χ2v) is 6.47. The van der Waals surface area contributed by atoms with E-state index in [1.54, 1.807) is 25.4 Å². The van der Waals surface area contributed by atoms with Crippen molar-refractivity contribution in [3.63, 3.8) is 0 Å². The third-order valence-electron chi connectivity index (χ3n) is 4.38. The monoisotopic (exact) mass is 344 g/mol. The van der Waals surface area contributed by atoms with Crippen molar-refractivity contribution in [2.75, 3.05) is 32.0 Å². The number of likely N-dealkylation sites (tertiary alicyclic amines) is 1. The van der Waals surface area contributed by atoms with Gasteiger partial charge in [-0.15, -0.1) is 0 Å². The van der Waals surface area contributed by atoms with Crippen molar-refractivity contribution in [3.05, 3.63) is 36.2 Å². The van der Waals surface area contributed by atoms with Crippen molar-refractivity contribution >= 4 is 11.6 Å². The van der Waals surface area contributed by atoms with Crippen molar-refractivity contribution in [2.24, 2.45) is 0 Å². The van der Waals surface area contributed by atoms with Crippen LogP contribution >= 0.6 is 0 Å². The zero-order valence-corrected chi connectivity index (χ0v) is 14.7. The molecule has 1 atom stereocenters. The highest BCUT2D eigenvalue weighted by Gasteiger charge is 2.25. The van der Waals surface area contributed by atoms with Gasteiger partial charge in [0, 0.05) is 25.7 Å². The number of nitrogens with zero attached hydrogens (tertiary/aromatic N) is 5. The Labute approximate surface area is 147 Å². The number of amides is 1. The van der Waals surface area contributed by atoms with E-state index in [2.05, 4.69) is 30.2 Å². The first-order valence-corrected chi connectivity index (χ1v) is 8.52. The van der Waals surface area contributed by atoms with Crippen LogP contribution in [0.4, 0.5) is 5.69 Å². The van der Waals surface area contributed by atoms with Crippen LogP contribution in [0.5, 0.6) is 0 Å². The molecule has 1 aliphatic rings. The lowest BCUT2D eigenvalue weighted by Gasteiger charge is -2.36. The first kappa shape index (κ1) is 17.5. The summed E-state index contributed by atoms with van der Waals surface area (Å²) in [6.07, 6.45) is 5.51. The number of aryl methyl sites for hydroxylation is 1. The second kappa shape index (κ2) is 8.17. The molecular weight excluding hydrogens is 320 g/mol. The van der Waals surface area contributed by atoms with Gasteiger partial charge < -0.3 is 9.84 Å². The van der Waals surface area contributed by atoms with E-state index in [9.17, 15) is 4.79 Å². The van der Waals surface area contributed by atoms with Gasteiger partial charge in [0.2, 0.25) is 11.8 Å². The van der Waals surface area contributed by atoms with E-state index in [0.29, 0.717) is 25.0 Å². The summed E-state index contributed by atoms with van der Waals surface area (Å²) in [4.78, 5) is 24.9. The van der Waals surface area contributed by atoms with Gasteiger partial charge in [-0.2, -0.15) is 4.98 Å². The smallest absolute Gasteiger partial charge is 0.238 e. The van der Waals surface area contributed by atoms with Crippen molar-refractivity contribution in [3.8, 4) is 0 Å². The highest BCUT2D eigenvalue weighted by atomic mass is 16.5. The van der Waals surface area contributed by atoms with Crippen LogP contribution in [0, 0.1) is 6.92 Å². The lowest BCUT2D eigenvalue weighted by Crippen LogP contribution is -2.48. The Hall–Kier alpha value is -2.32. The number of nitrogens with one attached hydrogen (secondary N) is 1. The number of rotatable bonds is 6. The molecule has 134 valence electrons. The first-order valence-electron chi connectivity index (χ1n) is 8.52. The Morgan fingerprint density at radius 3 is 3.12 bits per heavy atom. The maximum atomic E-state index is 12.2. The molecule has 1 saturated heterocycles. The fourth-order valence-electron chi connectivity index (χ4n) is 3.13. The van der Waals surface area contributed by atoms with Gasteiger partial charge in [0.05, 0.1) is 25.0 Å². The molecule has 8 heteroatoms. The molecule has 25 heavy (non-hydrogen) atoms. The molecule has 1 fully saturated rings. The third-order valence-corrected chi connectivity index (χ3v) is 4.38. The first-order chi connectivity index (χ1) is 12.1. The lowest BCUT2D eigenvalue weighted by atomic mass is 10.0. The van der Waals surface area contributed by atoms with Crippen LogP contribution in [-0.2, 0) is 11.3 Å². The van der Waals surface area contributed by atoms with Gasteiger partial charge in [0.25, 0.3) is 0 Å². The molecule has 3 rings (SSSR count). The minimum atomic E-state index is -0.0265. The van der Waals surface area contributed by atoms with Crippen LogP contribution in [-0.4, -0.2) is 63.6 Å². The lowest BCUT2D eigenvalue weighted by molar-refractivity contribution is -0.117. The molecule has 0 radical (unpaired) electrons. The highest BCUT2D eigenvalue weighted by Crippen LogP contribution is 2.16. The Balaban J connectivity index is 1.49. The number of hydrogen-bond acceptors (Lipinski definition) is 7. The molecular formula is C17H24N6O2. The van der Waals surface area contributed by atoms with E-state index in [1.807, 2.05) is 13.1 Å². The Morgan fingerprint density at radius 1 is 1.52 bits per heavy atom. The average Bonchev–Trinajstić information content (AvgIpc) is 3.00. The van der Waals surface area contributed by atoms with E-state index in [-0.39, 0.29) is 5.91 Å². The van der Waals surface area contributed by atoms with E-state index in [1.165, 1.54) is 0 Å². The minimum absolute atomic E-state index is 0.0265. The van der Waals surface area contributed by atoms with Crippen molar-refractivity contribution in [1.29, 1.82) is 0 Å². The summed E-state index contributed by atoms with van der Waals surface area (Å²) in [6.45, 7) is 4.74. The molecule has 3 heterocycles. The van der Waals surface area contributed by atoms with Gasteiger partial charge in [0.1, 0.15) is 0 Å². The minimum Gasteiger partial charge on any atom is -0.340 e. The molecule has 1 amide bonds. The maximum absolute atomic E-state index is 12.2. The second-order valence-electron chi connectivity index (χ2n) is 6.47. The van der Waals surface area contributed by atoms with Crippen LogP contribution in [0.3, 0.4) is 0 Å². The summed E-state index contributed by atoms with van der Waals surface area (Å²) in [5.41, 5.74) is 0.721. The van der Waals surface area contributed by atoms with Crippen LogP contribution in [0.25, 0.3) is 0 Å². The zero-order valence-electron chi connectivity index (χ0n) is 14.7. The molecule has 0 spiro atoms. The molecule has 0 saturated carbocycles. The van der Waals surface area contributed by atoms with E-state index in [4.69, 9.17) is 4.52 Å². The Morgan fingerprint density at radius 2 is 2.40 bits per heavy atom. The maximum Gasteiger partial charge on any atom is 0.238 e. The zero-order chi connectivity index (χ0) is 17.6. The summed E-state index contributed by atoms with van der Waals surface area (Å²) in [5.74, 6) is 1.28. The van der Waals surface area contributed by atoms with Gasteiger partial charge in [-0.25, -0.2) is 0 Å². The molecule has 0 aromatic carbocycles. The topological polar surface area (TPSA) is 87.4 Å². The van der Waals surface area contributed by atoms with E-state index in [0.717, 1.165) is 37.4 Å². The van der Waals surface area contributed by atoms with Crippen LogP contribution in [0.1, 0.15) is 24.6 Å². The summed E-state index contributed by atoms with van der Waals surface area (Å²) < 4.78 is 5.03. The standard InChI is InChI=1S/C17H24N6O2/c1-13-19-16(21-25-13)11-23-8-4-6-15(10-23)22(2)12-17(24)20-14-5-3-7-18-9-14/h3,5,7,9,15H,4,6,8,10-12H2,1-2H3,(H,20,24)/t15-/m0/s1. The Bertz CT molecular complexity index is 689. The van der Waals surface area contributed by atoms with Crippen LogP contribution < -0.4 is 5.32 Å². The number of piperidine rings is 1. The predicted molar refractivity (Wildman–Crippen MR) is 92.8 cm³/mol. The van der Waals surface area contributed by atoms with Crippen molar-refractivity contribution in [1.82, 2.24) is 24.9 Å². The SMILES string of the molecule is Cc1nc(CN2CCC[C@H](N(C)CC(=O)Nc3cccnc3)C2)no1. The van der Waals surface area contributed by atoms with Crippen molar-refractivity contribution < 1.29 is 9.32 Å². The highest BCUT2D eigenvalue weighted by molar-refractivity contribution is 5.92. The molecule has 2 aromatic heterocycles. The predicted octanol–water partition coefficient (Wildman–Crippen LogP) is 1.31. The van der Waals surface area contributed by atoms with Gasteiger partial charge in [-0.3, -0.25) is 19.6 Å². The third kappa shape index (κ3) is 5.07. The Kier molecular flexibility index (Phi) is 5.72. The summed E-state index contributed by atoms with van der Waals surface area (Å²) in [7, 11) is 2.00. The molecule has 1 aliphatic heterocycles. The molecule has 2 aromatic rings. The number of aromatic nitrogens is 3. The number of likely N-dealkylation sites (N-methyl/N-ethyl adjacent to an activating group) is 1. The fourth-order valence-corrected chi connectivity index (χ4v) is 3.13. The number of anilines is 1. The fraction of sp³-hybridized carbons (Fsp3) is 0.529. The largest absolute Gasteiger partial charge is 0.340 e. The van der Waals surface area contributed by atoms with E-state index < -0.39 is 0 Å². The van der Waals surface area contributed by atoms with Gasteiger partial charge in [0.15, 0.2) is 5.82 Å². The average molecular weight is 344 g/mol. The quantitative estimate of drug-likeness (QED) is 0.845. The summed E-state index contributed by atoms with van der Waals surface area (Å²) in [5, 5.41) is 6.84. The van der Waals surface area contributed by atoms with E-state index >= 15 is 0 Å². The number of hydrogen-bond donors (Lipinski definition) is 1. The normalized spacial score (nSPS) is 18.4. The molecule has 0 unspecified atom stereocenters. The number of carbonyl (C=O) groups excluding carboxylic acids is 1. The summed E-state index contributed by atoms with van der Waals surface area (Å²) >= 11 is 0. The van der Waals surface area contributed by atoms with Crippen LogP contribution in [0.2, 0.25) is 0 Å². The van der Waals surface area contributed by atoms with Gasteiger partial charge in [-0.1, -0.05) is 5.16 Å². The van der Waals surface area contributed by atoms with Crippen LogP contribution in [0.15, 0.2) is 29.0 Å². The number of carbonyl (C=O) groups is 1. The summed E-state index contributed by atoms with van der Waals surface area (Å²) in [6, 6.07) is 3.97.